The minimum absolute atomic E-state index is 0.0962. The number of carbonyl (C=O) groups is 1. The number of nitrogens with one attached hydrogen (secondary N) is 1. The van der Waals surface area contributed by atoms with Crippen molar-refractivity contribution in [3.8, 4) is 0 Å². The lowest BCUT2D eigenvalue weighted by Gasteiger charge is -2.30. The molecule has 1 heterocycles. The van der Waals surface area contributed by atoms with Crippen LogP contribution >= 0.6 is 11.6 Å². The molecule has 0 saturated carbocycles. The zero-order valence-corrected chi connectivity index (χ0v) is 9.30. The van der Waals surface area contributed by atoms with Crippen LogP contribution in [0.25, 0.3) is 0 Å². The molecule has 0 aliphatic carbocycles. The summed E-state index contributed by atoms with van der Waals surface area (Å²) in [6.45, 7) is 0. The fourth-order valence-corrected chi connectivity index (χ4v) is 2.04. The fraction of sp³-hybridized carbons (Fsp3) is 0.364. The molecule has 1 aliphatic heterocycles. The molecule has 2 atom stereocenters. The molecule has 0 radical (unpaired) electrons. The van der Waals surface area contributed by atoms with E-state index in [-0.39, 0.29) is 11.9 Å². The summed E-state index contributed by atoms with van der Waals surface area (Å²) >= 11 is 5.66. The Morgan fingerprint density at radius 2 is 2.25 bits per heavy atom. The van der Waals surface area contributed by atoms with Crippen LogP contribution in [0, 0.1) is 5.82 Å². The van der Waals surface area contributed by atoms with Crippen molar-refractivity contribution in [1.29, 1.82) is 0 Å². The van der Waals surface area contributed by atoms with E-state index in [9.17, 15) is 9.18 Å². The molecule has 2 unspecified atom stereocenters. The van der Waals surface area contributed by atoms with Gasteiger partial charge in [0.1, 0.15) is 5.82 Å². The fourth-order valence-electron chi connectivity index (χ4n) is 1.88. The van der Waals surface area contributed by atoms with E-state index in [0.717, 1.165) is 0 Å². The Bertz CT molecular complexity index is 424. The summed E-state index contributed by atoms with van der Waals surface area (Å²) in [4.78, 5) is 11.3. The van der Waals surface area contributed by atoms with Gasteiger partial charge in [-0.2, -0.15) is 0 Å². The second-order valence-electron chi connectivity index (χ2n) is 3.91. The molecule has 1 aliphatic rings. The number of hydrogen-bond acceptors (Lipinski definition) is 2. The molecule has 0 aromatic heterocycles. The third-order valence-electron chi connectivity index (χ3n) is 2.75. The van der Waals surface area contributed by atoms with Crippen molar-refractivity contribution in [2.75, 3.05) is 0 Å². The third-order valence-corrected chi connectivity index (χ3v) is 2.98. The first-order chi connectivity index (χ1) is 7.58. The summed E-state index contributed by atoms with van der Waals surface area (Å²) in [5, 5.41) is 3.03. The second-order valence-corrected chi connectivity index (χ2v) is 4.35. The molecule has 1 saturated heterocycles. The Labute approximate surface area is 97.8 Å². The van der Waals surface area contributed by atoms with Crippen molar-refractivity contribution in [3.63, 3.8) is 0 Å². The molecule has 3 N–H and O–H groups in total. The number of nitrogens with two attached hydrogens (primary N) is 1. The summed E-state index contributed by atoms with van der Waals surface area (Å²) in [5.74, 6) is -0.531. The molecule has 3 nitrogen and oxygen atoms in total. The van der Waals surface area contributed by atoms with Crippen molar-refractivity contribution in [2.24, 2.45) is 5.73 Å². The van der Waals surface area contributed by atoms with Crippen molar-refractivity contribution in [1.82, 2.24) is 5.32 Å². The summed E-state index contributed by atoms with van der Waals surface area (Å²) in [7, 11) is 0. The highest BCUT2D eigenvalue weighted by molar-refractivity contribution is 6.30. The van der Waals surface area contributed by atoms with E-state index in [1.165, 1.54) is 6.07 Å². The second kappa shape index (κ2) is 4.39. The van der Waals surface area contributed by atoms with Gasteiger partial charge in [-0.1, -0.05) is 17.7 Å². The first-order valence-electron chi connectivity index (χ1n) is 5.08. The Morgan fingerprint density at radius 3 is 2.94 bits per heavy atom. The SMILES string of the molecule is NC1CCC(=O)NC1c1ccc(Cl)cc1F. The van der Waals surface area contributed by atoms with Crippen LogP contribution in [0.2, 0.25) is 5.02 Å². The van der Waals surface area contributed by atoms with E-state index in [2.05, 4.69) is 5.32 Å². The monoisotopic (exact) mass is 242 g/mol. The van der Waals surface area contributed by atoms with Crippen LogP contribution < -0.4 is 11.1 Å². The van der Waals surface area contributed by atoms with Gasteiger partial charge in [-0.05, 0) is 18.6 Å². The lowest BCUT2D eigenvalue weighted by atomic mass is 9.92. The molecular formula is C11H12ClFN2O. The van der Waals surface area contributed by atoms with E-state index in [1.54, 1.807) is 12.1 Å². The molecule has 1 aromatic rings. The Balaban J connectivity index is 2.31. The van der Waals surface area contributed by atoms with Crippen LogP contribution in [-0.4, -0.2) is 11.9 Å². The number of amides is 1. The largest absolute Gasteiger partial charge is 0.348 e. The minimum atomic E-state index is -0.460. The van der Waals surface area contributed by atoms with Crippen molar-refractivity contribution < 1.29 is 9.18 Å². The maximum atomic E-state index is 13.6. The van der Waals surface area contributed by atoms with E-state index in [1.807, 2.05) is 0 Å². The number of hydrogen-bond donors (Lipinski definition) is 2. The van der Waals surface area contributed by atoms with Gasteiger partial charge in [-0.3, -0.25) is 4.79 Å². The zero-order valence-electron chi connectivity index (χ0n) is 8.54. The molecule has 86 valence electrons. The van der Waals surface area contributed by atoms with Crippen molar-refractivity contribution >= 4 is 17.5 Å². The van der Waals surface area contributed by atoms with Crippen LogP contribution in [-0.2, 0) is 4.79 Å². The number of carbonyl (C=O) groups excluding carboxylic acids is 1. The van der Waals surface area contributed by atoms with Gasteiger partial charge in [0.05, 0.1) is 6.04 Å². The highest BCUT2D eigenvalue weighted by Gasteiger charge is 2.28. The standard InChI is InChI=1S/C11H12ClFN2O/c12-6-1-2-7(8(13)5-6)11-9(14)3-4-10(16)15-11/h1-2,5,9,11H,3-4,14H2,(H,15,16). The van der Waals surface area contributed by atoms with Gasteiger partial charge in [0.25, 0.3) is 0 Å². The summed E-state index contributed by atoms with van der Waals surface area (Å²) in [6.07, 6.45) is 0.964. The maximum absolute atomic E-state index is 13.6. The molecule has 1 fully saturated rings. The Morgan fingerprint density at radius 1 is 1.50 bits per heavy atom. The molecule has 1 aromatic carbocycles. The van der Waals surface area contributed by atoms with E-state index in [0.29, 0.717) is 23.4 Å². The molecule has 0 bridgehead atoms. The van der Waals surface area contributed by atoms with Gasteiger partial charge < -0.3 is 11.1 Å². The van der Waals surface area contributed by atoms with Crippen molar-refractivity contribution in [3.05, 3.63) is 34.6 Å². The van der Waals surface area contributed by atoms with Gasteiger partial charge in [0.2, 0.25) is 5.91 Å². The topological polar surface area (TPSA) is 55.1 Å². The zero-order chi connectivity index (χ0) is 11.7. The van der Waals surface area contributed by atoms with Crippen LogP contribution in [0.15, 0.2) is 18.2 Å². The third kappa shape index (κ3) is 2.18. The van der Waals surface area contributed by atoms with Gasteiger partial charge in [-0.25, -0.2) is 4.39 Å². The van der Waals surface area contributed by atoms with Crippen LogP contribution in [0.1, 0.15) is 24.4 Å². The van der Waals surface area contributed by atoms with Gasteiger partial charge in [0, 0.05) is 23.0 Å². The number of piperidine rings is 1. The normalized spacial score (nSPS) is 25.3. The predicted octanol–water partition coefficient (Wildman–Crippen LogP) is 1.76. The smallest absolute Gasteiger partial charge is 0.220 e. The number of rotatable bonds is 1. The maximum Gasteiger partial charge on any atom is 0.220 e. The minimum Gasteiger partial charge on any atom is -0.348 e. The quantitative estimate of drug-likeness (QED) is 0.789. The van der Waals surface area contributed by atoms with Crippen molar-refractivity contribution in [2.45, 2.75) is 24.9 Å². The summed E-state index contributed by atoms with van der Waals surface area (Å²) in [6, 6.07) is 3.66. The van der Waals surface area contributed by atoms with Gasteiger partial charge >= 0.3 is 0 Å². The molecule has 0 spiro atoms. The Hall–Kier alpha value is -1.13. The van der Waals surface area contributed by atoms with Gasteiger partial charge in [0.15, 0.2) is 0 Å². The van der Waals surface area contributed by atoms with Crippen LogP contribution in [0.4, 0.5) is 4.39 Å². The number of benzene rings is 1. The highest BCUT2D eigenvalue weighted by atomic mass is 35.5. The average Bonchev–Trinajstić information content (AvgIpc) is 2.22. The molecule has 2 rings (SSSR count). The molecule has 5 heteroatoms. The highest BCUT2D eigenvalue weighted by Crippen LogP contribution is 2.26. The lowest BCUT2D eigenvalue weighted by molar-refractivity contribution is -0.123. The first kappa shape index (κ1) is 11.4. The molecule has 1 amide bonds. The van der Waals surface area contributed by atoms with Gasteiger partial charge in [-0.15, -0.1) is 0 Å². The summed E-state index contributed by atoms with van der Waals surface area (Å²) in [5.41, 5.74) is 6.26. The Kier molecular flexibility index (Phi) is 3.12. The molecular weight excluding hydrogens is 231 g/mol. The average molecular weight is 243 g/mol. The van der Waals surface area contributed by atoms with Crippen LogP contribution in [0.5, 0.6) is 0 Å². The molecule has 16 heavy (non-hydrogen) atoms. The first-order valence-corrected chi connectivity index (χ1v) is 5.45. The lowest BCUT2D eigenvalue weighted by Crippen LogP contribution is -2.46. The number of halogens is 2. The van der Waals surface area contributed by atoms with E-state index < -0.39 is 11.9 Å². The predicted molar refractivity (Wildman–Crippen MR) is 59.5 cm³/mol. The summed E-state index contributed by atoms with van der Waals surface area (Å²) < 4.78 is 13.6. The van der Waals surface area contributed by atoms with E-state index in [4.69, 9.17) is 17.3 Å². The van der Waals surface area contributed by atoms with Crippen LogP contribution in [0.3, 0.4) is 0 Å². The van der Waals surface area contributed by atoms with E-state index >= 15 is 0 Å².